The highest BCUT2D eigenvalue weighted by Gasteiger charge is 2.16. The Labute approximate surface area is 122 Å². The van der Waals surface area contributed by atoms with Crippen molar-refractivity contribution in [2.75, 3.05) is 6.54 Å². The summed E-state index contributed by atoms with van der Waals surface area (Å²) in [7, 11) is 0. The maximum Gasteiger partial charge on any atom is 0.129 e. The summed E-state index contributed by atoms with van der Waals surface area (Å²) in [5, 5.41) is 3.23. The largest absolute Gasteiger partial charge is 0.310 e. The first-order valence-electron chi connectivity index (χ1n) is 6.94. The van der Waals surface area contributed by atoms with Crippen LogP contribution in [0, 0.1) is 24.4 Å². The van der Waals surface area contributed by atoms with Crippen molar-refractivity contribution in [3.63, 3.8) is 0 Å². The number of rotatable bonds is 5. The molecule has 0 saturated carbocycles. The Bertz CT molecular complexity index is 625. The van der Waals surface area contributed by atoms with Gasteiger partial charge in [0.1, 0.15) is 17.5 Å². The second-order valence-electron chi connectivity index (χ2n) is 5.05. The van der Waals surface area contributed by atoms with Gasteiger partial charge in [-0.2, -0.15) is 0 Å². The lowest BCUT2D eigenvalue weighted by Gasteiger charge is -2.21. The van der Waals surface area contributed by atoms with Gasteiger partial charge in [0.25, 0.3) is 0 Å². The molecule has 0 fully saturated rings. The fraction of sp³-hybridized carbons (Fsp3) is 0.294. The molecule has 2 rings (SSSR count). The van der Waals surface area contributed by atoms with Crippen LogP contribution in [0.25, 0.3) is 0 Å². The molecule has 0 aliphatic carbocycles. The molecule has 0 aliphatic rings. The van der Waals surface area contributed by atoms with E-state index in [1.807, 2.05) is 13.8 Å². The summed E-state index contributed by atoms with van der Waals surface area (Å²) in [5.74, 6) is -1.50. The minimum absolute atomic E-state index is 0.217. The zero-order valence-corrected chi connectivity index (χ0v) is 12.1. The maximum absolute atomic E-state index is 13.8. The molecule has 0 spiro atoms. The number of hydrogen-bond acceptors (Lipinski definition) is 1. The van der Waals surface area contributed by atoms with E-state index in [0.29, 0.717) is 18.5 Å². The summed E-state index contributed by atoms with van der Waals surface area (Å²) >= 11 is 0. The molecule has 0 amide bonds. The molecule has 0 bridgehead atoms. The average Bonchev–Trinajstić information content (AvgIpc) is 2.44. The van der Waals surface area contributed by atoms with Crippen LogP contribution < -0.4 is 5.32 Å². The van der Waals surface area contributed by atoms with Gasteiger partial charge in [0.05, 0.1) is 0 Å². The highest BCUT2D eigenvalue weighted by molar-refractivity contribution is 5.32. The molecular weight excluding hydrogens is 275 g/mol. The number of nitrogens with one attached hydrogen (secondary N) is 1. The summed E-state index contributed by atoms with van der Waals surface area (Å²) in [6.45, 7) is 4.49. The van der Waals surface area contributed by atoms with E-state index in [9.17, 15) is 13.2 Å². The van der Waals surface area contributed by atoms with Crippen LogP contribution in [-0.2, 0) is 6.42 Å². The second kappa shape index (κ2) is 6.76. The molecule has 0 aliphatic heterocycles. The van der Waals surface area contributed by atoms with Crippen molar-refractivity contribution in [3.8, 4) is 0 Å². The molecule has 0 heterocycles. The monoisotopic (exact) mass is 293 g/mol. The molecule has 0 radical (unpaired) electrons. The highest BCUT2D eigenvalue weighted by atomic mass is 19.1. The van der Waals surface area contributed by atoms with E-state index in [0.717, 1.165) is 17.2 Å². The van der Waals surface area contributed by atoms with E-state index >= 15 is 0 Å². The summed E-state index contributed by atoms with van der Waals surface area (Å²) in [6.07, 6.45) is 0.338. The Kier molecular flexibility index (Phi) is 5.02. The van der Waals surface area contributed by atoms with Crippen LogP contribution in [-0.4, -0.2) is 6.54 Å². The molecule has 2 aromatic rings. The minimum Gasteiger partial charge on any atom is -0.310 e. The Balaban J connectivity index is 2.32. The van der Waals surface area contributed by atoms with Crippen molar-refractivity contribution in [2.45, 2.75) is 26.3 Å². The Morgan fingerprint density at radius 2 is 1.67 bits per heavy atom. The predicted molar refractivity (Wildman–Crippen MR) is 77.6 cm³/mol. The third-order valence-electron chi connectivity index (χ3n) is 3.51. The fourth-order valence-electron chi connectivity index (χ4n) is 2.43. The Hall–Kier alpha value is -1.81. The van der Waals surface area contributed by atoms with Crippen molar-refractivity contribution in [1.82, 2.24) is 5.32 Å². The van der Waals surface area contributed by atoms with Crippen LogP contribution >= 0.6 is 0 Å². The molecule has 1 atom stereocenters. The van der Waals surface area contributed by atoms with Crippen LogP contribution in [0.2, 0.25) is 0 Å². The first kappa shape index (κ1) is 15.6. The fourth-order valence-corrected chi connectivity index (χ4v) is 2.43. The number of benzene rings is 2. The first-order chi connectivity index (χ1) is 10.0. The molecule has 0 saturated heterocycles. The van der Waals surface area contributed by atoms with Gasteiger partial charge in [-0.25, -0.2) is 13.2 Å². The third kappa shape index (κ3) is 3.85. The topological polar surface area (TPSA) is 12.0 Å². The normalized spacial score (nSPS) is 12.4. The van der Waals surface area contributed by atoms with Gasteiger partial charge in [-0.3, -0.25) is 0 Å². The van der Waals surface area contributed by atoms with Gasteiger partial charge in [0.15, 0.2) is 0 Å². The molecule has 1 N–H and O–H groups in total. The van der Waals surface area contributed by atoms with Gasteiger partial charge in [-0.05, 0) is 54.8 Å². The van der Waals surface area contributed by atoms with Gasteiger partial charge in [0, 0.05) is 12.1 Å². The van der Waals surface area contributed by atoms with Gasteiger partial charge >= 0.3 is 0 Å². The van der Waals surface area contributed by atoms with Gasteiger partial charge < -0.3 is 5.32 Å². The van der Waals surface area contributed by atoms with Gasteiger partial charge in [-0.15, -0.1) is 0 Å². The van der Waals surface area contributed by atoms with Crippen molar-refractivity contribution in [2.24, 2.45) is 0 Å². The number of aryl methyl sites for hydroxylation is 1. The van der Waals surface area contributed by atoms with Crippen molar-refractivity contribution in [3.05, 3.63) is 70.5 Å². The van der Waals surface area contributed by atoms with Crippen molar-refractivity contribution < 1.29 is 13.2 Å². The van der Waals surface area contributed by atoms with Crippen LogP contribution in [0.1, 0.15) is 29.7 Å². The van der Waals surface area contributed by atoms with Crippen molar-refractivity contribution in [1.29, 1.82) is 0 Å². The average molecular weight is 293 g/mol. The summed E-state index contributed by atoms with van der Waals surface area (Å²) < 4.78 is 40.2. The Morgan fingerprint density at radius 3 is 2.33 bits per heavy atom. The van der Waals surface area contributed by atoms with Gasteiger partial charge in [-0.1, -0.05) is 19.1 Å². The second-order valence-corrected chi connectivity index (χ2v) is 5.05. The molecule has 2 aromatic carbocycles. The smallest absolute Gasteiger partial charge is 0.129 e. The standard InChI is InChI=1S/C17H18F3N/c1-3-21-17(15-9-13(18)6-4-11(15)2)8-12-5-7-14(19)10-16(12)20/h4-7,9-10,17,21H,3,8H2,1-2H3. The maximum atomic E-state index is 13.8. The van der Waals surface area contributed by atoms with E-state index in [1.54, 1.807) is 6.07 Å². The van der Waals surface area contributed by atoms with E-state index < -0.39 is 11.6 Å². The summed E-state index contributed by atoms with van der Waals surface area (Å²) in [6, 6.07) is 7.89. The number of likely N-dealkylation sites (N-methyl/N-ethyl adjacent to an activating group) is 1. The lowest BCUT2D eigenvalue weighted by atomic mass is 9.95. The van der Waals surface area contributed by atoms with Crippen molar-refractivity contribution >= 4 is 0 Å². The summed E-state index contributed by atoms with van der Waals surface area (Å²) in [4.78, 5) is 0. The van der Waals surface area contributed by atoms with Crippen LogP contribution in [0.15, 0.2) is 36.4 Å². The molecule has 0 aromatic heterocycles. The third-order valence-corrected chi connectivity index (χ3v) is 3.51. The molecule has 21 heavy (non-hydrogen) atoms. The zero-order valence-electron chi connectivity index (χ0n) is 12.1. The quantitative estimate of drug-likeness (QED) is 0.866. The molecule has 1 unspecified atom stereocenters. The van der Waals surface area contributed by atoms with E-state index in [4.69, 9.17) is 0 Å². The van der Waals surface area contributed by atoms with Crippen LogP contribution in [0.4, 0.5) is 13.2 Å². The predicted octanol–water partition coefficient (Wildman–Crippen LogP) is 4.31. The van der Waals surface area contributed by atoms with E-state index in [2.05, 4.69) is 5.32 Å². The highest BCUT2D eigenvalue weighted by Crippen LogP contribution is 2.24. The lowest BCUT2D eigenvalue weighted by Crippen LogP contribution is -2.24. The Morgan fingerprint density at radius 1 is 1.00 bits per heavy atom. The van der Waals surface area contributed by atoms with E-state index in [1.165, 1.54) is 24.3 Å². The zero-order chi connectivity index (χ0) is 15.4. The van der Waals surface area contributed by atoms with E-state index in [-0.39, 0.29) is 11.9 Å². The molecule has 1 nitrogen and oxygen atoms in total. The SMILES string of the molecule is CCNC(Cc1ccc(F)cc1F)c1cc(F)ccc1C. The molecule has 112 valence electrons. The number of hydrogen-bond donors (Lipinski definition) is 1. The lowest BCUT2D eigenvalue weighted by molar-refractivity contribution is 0.516. The van der Waals surface area contributed by atoms with Gasteiger partial charge in [0.2, 0.25) is 0 Å². The molecule has 4 heteroatoms. The van der Waals surface area contributed by atoms with Crippen LogP contribution in [0.3, 0.4) is 0 Å². The molecular formula is C17H18F3N. The number of halogens is 3. The minimum atomic E-state index is -0.599. The summed E-state index contributed by atoms with van der Waals surface area (Å²) in [5.41, 5.74) is 2.14. The van der Waals surface area contributed by atoms with Crippen LogP contribution in [0.5, 0.6) is 0 Å². The first-order valence-corrected chi connectivity index (χ1v) is 6.94.